The summed E-state index contributed by atoms with van der Waals surface area (Å²) >= 11 is 0. The van der Waals surface area contributed by atoms with Crippen molar-refractivity contribution in [3.63, 3.8) is 0 Å². The Labute approximate surface area is 99.1 Å². The maximum absolute atomic E-state index is 11.0. The molecule has 0 heterocycles. The summed E-state index contributed by atoms with van der Waals surface area (Å²) in [6.07, 6.45) is 16.8. The van der Waals surface area contributed by atoms with Gasteiger partial charge in [0.2, 0.25) is 0 Å². The topological polar surface area (TPSA) is 26.3 Å². The second-order valence-corrected chi connectivity index (χ2v) is 3.77. The second-order valence-electron chi connectivity index (χ2n) is 3.77. The number of ether oxygens (including phenoxy) is 1. The predicted octanol–water partition coefficient (Wildman–Crippen LogP) is 3.47. The molecule has 0 bridgehead atoms. The molecule has 0 aromatic carbocycles. The fraction of sp³-hybridized carbons (Fsp3) is 0.643. The number of hydrogen-bond acceptors (Lipinski definition) is 2. The van der Waals surface area contributed by atoms with Crippen molar-refractivity contribution in [2.45, 2.75) is 51.9 Å². The number of carbonyl (C=O) groups is 1. The van der Waals surface area contributed by atoms with Crippen LogP contribution in [0.2, 0.25) is 0 Å². The lowest BCUT2D eigenvalue weighted by Crippen LogP contribution is -1.99. The average Bonchev–Trinajstić information content (AvgIpc) is 2.30. The van der Waals surface area contributed by atoms with E-state index in [2.05, 4.69) is 17.6 Å². The van der Waals surface area contributed by atoms with Crippen molar-refractivity contribution in [1.29, 1.82) is 0 Å². The highest BCUT2D eigenvalue weighted by atomic mass is 16.5. The van der Waals surface area contributed by atoms with E-state index in [0.29, 0.717) is 0 Å². The molecule has 0 aromatic rings. The van der Waals surface area contributed by atoms with Crippen molar-refractivity contribution in [3.05, 3.63) is 12.2 Å². The molecule has 2 nitrogen and oxygen atoms in total. The van der Waals surface area contributed by atoms with E-state index in [0.717, 1.165) is 12.8 Å². The second kappa shape index (κ2) is 11.8. The van der Waals surface area contributed by atoms with Gasteiger partial charge in [-0.2, -0.15) is 0 Å². The molecule has 0 aromatic heterocycles. The molecular formula is C14H22O2. The lowest BCUT2D eigenvalue weighted by molar-refractivity contribution is -0.136. The van der Waals surface area contributed by atoms with Gasteiger partial charge in [-0.05, 0) is 12.8 Å². The van der Waals surface area contributed by atoms with Crippen LogP contribution in [0.25, 0.3) is 0 Å². The van der Waals surface area contributed by atoms with Gasteiger partial charge in [-0.1, -0.05) is 51.0 Å². The Kier molecular flexibility index (Phi) is 10.9. The van der Waals surface area contributed by atoms with Crippen LogP contribution in [0.5, 0.6) is 0 Å². The van der Waals surface area contributed by atoms with Gasteiger partial charge in [0, 0.05) is 6.08 Å². The fourth-order valence-electron chi connectivity index (χ4n) is 1.38. The fourth-order valence-corrected chi connectivity index (χ4v) is 1.38. The molecule has 0 amide bonds. The summed E-state index contributed by atoms with van der Waals surface area (Å²) in [5.41, 5.74) is 0. The van der Waals surface area contributed by atoms with Gasteiger partial charge in [-0.3, -0.25) is 0 Å². The number of carbonyl (C=O) groups excluding carboxylic acids is 1. The maximum atomic E-state index is 11.0. The summed E-state index contributed by atoms with van der Waals surface area (Å²) < 4.78 is 4.69. The van der Waals surface area contributed by atoms with Crippen molar-refractivity contribution in [2.24, 2.45) is 0 Å². The van der Waals surface area contributed by atoms with Gasteiger partial charge in [-0.25, -0.2) is 4.79 Å². The van der Waals surface area contributed by atoms with Gasteiger partial charge in [-0.15, -0.1) is 6.42 Å². The minimum Gasteiger partial charge on any atom is -0.449 e. The maximum Gasteiger partial charge on any atom is 0.331 e. The lowest BCUT2D eigenvalue weighted by atomic mass is 10.1. The van der Waals surface area contributed by atoms with E-state index in [1.807, 2.05) is 6.08 Å². The molecule has 0 unspecified atom stereocenters. The normalized spacial score (nSPS) is 10.2. The smallest absolute Gasteiger partial charge is 0.331 e. The Balaban J connectivity index is 3.27. The van der Waals surface area contributed by atoms with E-state index in [4.69, 9.17) is 6.42 Å². The number of unbranched alkanes of at least 4 members (excludes halogenated alkanes) is 6. The van der Waals surface area contributed by atoms with Crippen LogP contribution in [0.15, 0.2) is 12.2 Å². The minimum atomic E-state index is -0.344. The van der Waals surface area contributed by atoms with Crippen molar-refractivity contribution in [2.75, 3.05) is 6.61 Å². The first-order valence-corrected chi connectivity index (χ1v) is 6.08. The zero-order chi connectivity index (χ0) is 12.1. The number of rotatable bonds is 9. The van der Waals surface area contributed by atoms with Crippen molar-refractivity contribution >= 4 is 5.97 Å². The summed E-state index contributed by atoms with van der Waals surface area (Å²) in [7, 11) is 0. The molecule has 0 spiro atoms. The summed E-state index contributed by atoms with van der Waals surface area (Å²) in [6.45, 7) is 2.27. The highest BCUT2D eigenvalue weighted by molar-refractivity contribution is 5.81. The van der Waals surface area contributed by atoms with Gasteiger partial charge in [0.25, 0.3) is 0 Å². The molecule has 0 fully saturated rings. The highest BCUT2D eigenvalue weighted by Gasteiger charge is 1.93. The van der Waals surface area contributed by atoms with Gasteiger partial charge in [0.1, 0.15) is 0 Å². The quantitative estimate of drug-likeness (QED) is 0.258. The Morgan fingerprint density at radius 1 is 1.25 bits per heavy atom. The van der Waals surface area contributed by atoms with Crippen LogP contribution in [0, 0.1) is 12.3 Å². The van der Waals surface area contributed by atoms with Crippen LogP contribution in [0.3, 0.4) is 0 Å². The molecule has 0 rings (SSSR count). The minimum absolute atomic E-state index is 0.0557. The van der Waals surface area contributed by atoms with Crippen molar-refractivity contribution in [3.8, 4) is 12.3 Å². The molecule has 2 heteroatoms. The van der Waals surface area contributed by atoms with Crippen LogP contribution >= 0.6 is 0 Å². The molecule has 0 aliphatic carbocycles. The molecule has 90 valence electrons. The van der Waals surface area contributed by atoms with E-state index >= 15 is 0 Å². The third kappa shape index (κ3) is 10.8. The Hall–Kier alpha value is -1.23. The third-order valence-corrected chi connectivity index (χ3v) is 2.28. The standard InChI is InChI=1S/C14H22O2/c1-3-5-6-7-8-9-10-11-12-14(15)16-13-4-2/h2,11-12H,3,5-10,13H2,1H3. The average molecular weight is 222 g/mol. The summed E-state index contributed by atoms with van der Waals surface area (Å²) in [5, 5.41) is 0. The van der Waals surface area contributed by atoms with Crippen LogP contribution < -0.4 is 0 Å². The van der Waals surface area contributed by atoms with Crippen LogP contribution in [-0.4, -0.2) is 12.6 Å². The number of esters is 1. The van der Waals surface area contributed by atoms with E-state index < -0.39 is 0 Å². The first-order valence-electron chi connectivity index (χ1n) is 6.08. The number of terminal acetylenes is 1. The van der Waals surface area contributed by atoms with Gasteiger partial charge < -0.3 is 4.74 Å². The molecule has 0 radical (unpaired) electrons. The third-order valence-electron chi connectivity index (χ3n) is 2.28. The predicted molar refractivity (Wildman–Crippen MR) is 66.9 cm³/mol. The molecule has 0 N–H and O–H groups in total. The van der Waals surface area contributed by atoms with Gasteiger partial charge >= 0.3 is 5.97 Å². The van der Waals surface area contributed by atoms with Crippen LogP contribution in [0.4, 0.5) is 0 Å². The first kappa shape index (κ1) is 14.8. The number of allylic oxidation sites excluding steroid dienone is 1. The summed E-state index contributed by atoms with van der Waals surface area (Å²) in [6, 6.07) is 0. The summed E-state index contributed by atoms with van der Waals surface area (Å²) in [5.74, 6) is 1.91. The van der Waals surface area contributed by atoms with E-state index in [1.165, 1.54) is 38.2 Å². The Morgan fingerprint density at radius 2 is 1.94 bits per heavy atom. The molecule has 0 saturated heterocycles. The van der Waals surface area contributed by atoms with Crippen molar-refractivity contribution < 1.29 is 9.53 Å². The molecule has 16 heavy (non-hydrogen) atoms. The Morgan fingerprint density at radius 3 is 2.62 bits per heavy atom. The highest BCUT2D eigenvalue weighted by Crippen LogP contribution is 2.07. The SMILES string of the molecule is C#CCOC(=O)C=CCCCCCCCC. The summed E-state index contributed by atoms with van der Waals surface area (Å²) in [4.78, 5) is 11.0. The molecule has 0 atom stereocenters. The molecule has 0 saturated carbocycles. The van der Waals surface area contributed by atoms with E-state index in [-0.39, 0.29) is 12.6 Å². The molecular weight excluding hydrogens is 200 g/mol. The zero-order valence-electron chi connectivity index (χ0n) is 10.2. The van der Waals surface area contributed by atoms with E-state index in [9.17, 15) is 4.79 Å². The lowest BCUT2D eigenvalue weighted by Gasteiger charge is -1.97. The largest absolute Gasteiger partial charge is 0.449 e. The zero-order valence-corrected chi connectivity index (χ0v) is 10.2. The van der Waals surface area contributed by atoms with E-state index in [1.54, 1.807) is 0 Å². The van der Waals surface area contributed by atoms with Crippen molar-refractivity contribution in [1.82, 2.24) is 0 Å². The van der Waals surface area contributed by atoms with Gasteiger partial charge in [0.15, 0.2) is 6.61 Å². The Bertz CT molecular complexity index is 236. The van der Waals surface area contributed by atoms with Crippen LogP contribution in [-0.2, 0) is 9.53 Å². The molecule has 0 aliphatic rings. The van der Waals surface area contributed by atoms with Crippen LogP contribution in [0.1, 0.15) is 51.9 Å². The molecule has 0 aliphatic heterocycles. The monoisotopic (exact) mass is 222 g/mol. The first-order chi connectivity index (χ1) is 7.81. The van der Waals surface area contributed by atoms with Gasteiger partial charge in [0.05, 0.1) is 0 Å². The number of hydrogen-bond donors (Lipinski definition) is 0.